The monoisotopic (exact) mass is 377 g/mol. The molecule has 0 atom stereocenters. The third kappa shape index (κ3) is 5.47. The average molecular weight is 377 g/mol. The van der Waals surface area contributed by atoms with Gasteiger partial charge in [-0.15, -0.1) is 0 Å². The Labute approximate surface area is 159 Å². The van der Waals surface area contributed by atoms with Crippen LogP contribution in [0.2, 0.25) is 0 Å². The van der Waals surface area contributed by atoms with E-state index in [1.54, 1.807) is 4.90 Å². The second kappa shape index (κ2) is 10.6. The fourth-order valence-electron chi connectivity index (χ4n) is 2.81. The summed E-state index contributed by atoms with van der Waals surface area (Å²) >= 11 is 0. The van der Waals surface area contributed by atoms with E-state index in [4.69, 9.17) is 18.9 Å². The normalized spacial score (nSPS) is 14.1. The van der Waals surface area contributed by atoms with E-state index < -0.39 is 11.9 Å². The van der Waals surface area contributed by atoms with Crippen LogP contribution in [0.5, 0.6) is 5.75 Å². The molecule has 1 aromatic rings. The third-order valence-corrected chi connectivity index (χ3v) is 4.23. The molecule has 1 aromatic carbocycles. The summed E-state index contributed by atoms with van der Waals surface area (Å²) in [7, 11) is 2.53. The third-order valence-electron chi connectivity index (χ3n) is 4.23. The smallest absolute Gasteiger partial charge is 0.355 e. The fourth-order valence-corrected chi connectivity index (χ4v) is 2.81. The molecule has 0 bridgehead atoms. The summed E-state index contributed by atoms with van der Waals surface area (Å²) < 4.78 is 20.9. The number of ether oxygens (including phenoxy) is 4. The second-order valence-corrected chi connectivity index (χ2v) is 6.12. The zero-order valence-electron chi connectivity index (χ0n) is 16.2. The van der Waals surface area contributed by atoms with E-state index in [1.807, 2.05) is 24.3 Å². The van der Waals surface area contributed by atoms with Gasteiger partial charge in [0.25, 0.3) is 0 Å². The minimum Gasteiger partial charge on any atom is -0.494 e. The van der Waals surface area contributed by atoms with E-state index in [0.29, 0.717) is 18.0 Å². The molecular formula is C20H27NO6. The molecule has 0 saturated heterocycles. The van der Waals surface area contributed by atoms with Gasteiger partial charge in [0.2, 0.25) is 0 Å². The number of unbranched alkanes of at least 4 members (excludes halogenated alkanes) is 3. The van der Waals surface area contributed by atoms with Crippen LogP contribution in [0, 0.1) is 0 Å². The maximum Gasteiger partial charge on any atom is 0.355 e. The molecule has 2 rings (SSSR count). The molecule has 7 nitrogen and oxygen atoms in total. The summed E-state index contributed by atoms with van der Waals surface area (Å²) in [6.45, 7) is 2.90. The molecule has 0 spiro atoms. The molecule has 27 heavy (non-hydrogen) atoms. The van der Waals surface area contributed by atoms with Crippen LogP contribution < -0.4 is 9.64 Å². The summed E-state index contributed by atoms with van der Waals surface area (Å²) in [4.78, 5) is 26.0. The number of rotatable bonds is 9. The molecule has 148 valence electrons. The second-order valence-electron chi connectivity index (χ2n) is 6.12. The minimum atomic E-state index is -0.622. The lowest BCUT2D eigenvalue weighted by molar-refractivity contribution is -0.140. The van der Waals surface area contributed by atoms with Gasteiger partial charge in [-0.05, 0) is 18.6 Å². The Morgan fingerprint density at radius 2 is 1.89 bits per heavy atom. The highest BCUT2D eigenvalue weighted by molar-refractivity contribution is 6.03. The standard InChI is InChI=1S/C20H27NO6/c1-4-5-6-7-11-27-16-10-8-9-15(12-16)21-14-26-13-17(19(22)24-2)18(21)20(23)25-3/h8-10,12H,4-7,11,13-14H2,1-3H3. The molecule has 0 aliphatic carbocycles. The highest BCUT2D eigenvalue weighted by Gasteiger charge is 2.32. The highest BCUT2D eigenvalue weighted by Crippen LogP contribution is 2.29. The Morgan fingerprint density at radius 1 is 1.11 bits per heavy atom. The summed E-state index contributed by atoms with van der Waals surface area (Å²) in [6.07, 6.45) is 4.49. The van der Waals surface area contributed by atoms with E-state index >= 15 is 0 Å². The zero-order chi connectivity index (χ0) is 19.6. The summed E-state index contributed by atoms with van der Waals surface area (Å²) in [5.74, 6) is -0.550. The van der Waals surface area contributed by atoms with Crippen LogP contribution in [0.4, 0.5) is 5.69 Å². The number of anilines is 1. The number of methoxy groups -OCH3 is 2. The van der Waals surface area contributed by atoms with Crippen LogP contribution in [0.1, 0.15) is 32.6 Å². The van der Waals surface area contributed by atoms with Crippen LogP contribution in [-0.2, 0) is 23.8 Å². The number of nitrogens with zero attached hydrogens (tertiary/aromatic N) is 1. The summed E-state index contributed by atoms with van der Waals surface area (Å²) in [6, 6.07) is 7.32. The largest absolute Gasteiger partial charge is 0.494 e. The summed E-state index contributed by atoms with van der Waals surface area (Å²) in [5, 5.41) is 0. The first-order chi connectivity index (χ1) is 13.1. The first-order valence-electron chi connectivity index (χ1n) is 9.10. The lowest BCUT2D eigenvalue weighted by Gasteiger charge is -2.31. The molecule has 0 saturated carbocycles. The lowest BCUT2D eigenvalue weighted by Crippen LogP contribution is -2.38. The Balaban J connectivity index is 2.23. The number of carbonyl (C=O) groups is 2. The molecule has 0 unspecified atom stereocenters. The Kier molecular flexibility index (Phi) is 8.13. The molecule has 0 fully saturated rings. The van der Waals surface area contributed by atoms with Gasteiger partial charge in [-0.3, -0.25) is 0 Å². The number of esters is 2. The van der Waals surface area contributed by atoms with E-state index in [1.165, 1.54) is 27.1 Å². The average Bonchev–Trinajstić information content (AvgIpc) is 2.72. The molecule has 1 heterocycles. The Bertz CT molecular complexity index is 685. The van der Waals surface area contributed by atoms with Crippen LogP contribution in [-0.4, -0.2) is 46.1 Å². The van der Waals surface area contributed by atoms with Crippen molar-refractivity contribution in [3.05, 3.63) is 35.5 Å². The molecular weight excluding hydrogens is 350 g/mol. The predicted octanol–water partition coefficient (Wildman–Crippen LogP) is 3.04. The lowest BCUT2D eigenvalue weighted by atomic mass is 10.1. The number of benzene rings is 1. The van der Waals surface area contributed by atoms with Gasteiger partial charge in [-0.2, -0.15) is 0 Å². The maximum atomic E-state index is 12.3. The van der Waals surface area contributed by atoms with Crippen molar-refractivity contribution in [2.75, 3.05) is 39.1 Å². The number of hydrogen-bond donors (Lipinski definition) is 0. The van der Waals surface area contributed by atoms with Crippen LogP contribution in [0.3, 0.4) is 0 Å². The van der Waals surface area contributed by atoms with Crippen molar-refractivity contribution in [3.63, 3.8) is 0 Å². The Morgan fingerprint density at radius 3 is 2.59 bits per heavy atom. The van der Waals surface area contributed by atoms with Crippen LogP contribution >= 0.6 is 0 Å². The quantitative estimate of drug-likeness (QED) is 0.484. The highest BCUT2D eigenvalue weighted by atomic mass is 16.5. The van der Waals surface area contributed by atoms with Crippen LogP contribution in [0.15, 0.2) is 35.5 Å². The fraction of sp³-hybridized carbons (Fsp3) is 0.500. The van der Waals surface area contributed by atoms with Crippen molar-refractivity contribution in [3.8, 4) is 5.75 Å². The molecule has 0 radical (unpaired) electrons. The topological polar surface area (TPSA) is 74.3 Å². The van der Waals surface area contributed by atoms with Crippen molar-refractivity contribution in [1.29, 1.82) is 0 Å². The predicted molar refractivity (Wildman–Crippen MR) is 100 cm³/mol. The number of carbonyl (C=O) groups excluding carboxylic acids is 2. The van der Waals surface area contributed by atoms with Gasteiger partial charge in [-0.25, -0.2) is 9.59 Å². The first kappa shape index (κ1) is 20.8. The van der Waals surface area contributed by atoms with Gasteiger partial charge in [0.05, 0.1) is 33.0 Å². The van der Waals surface area contributed by atoms with Crippen molar-refractivity contribution >= 4 is 17.6 Å². The van der Waals surface area contributed by atoms with Crippen molar-refractivity contribution in [1.82, 2.24) is 0 Å². The SMILES string of the molecule is CCCCCCOc1cccc(N2COCC(C(=O)OC)=C2C(=O)OC)c1. The Hall–Kier alpha value is -2.54. The summed E-state index contributed by atoms with van der Waals surface area (Å²) in [5.41, 5.74) is 0.916. The molecule has 0 amide bonds. The van der Waals surface area contributed by atoms with Gasteiger partial charge in [0.15, 0.2) is 0 Å². The van der Waals surface area contributed by atoms with Gasteiger partial charge in [-0.1, -0.05) is 32.3 Å². The van der Waals surface area contributed by atoms with Crippen LogP contribution in [0.25, 0.3) is 0 Å². The van der Waals surface area contributed by atoms with Gasteiger partial charge in [0.1, 0.15) is 18.2 Å². The van der Waals surface area contributed by atoms with Crippen molar-refractivity contribution in [2.24, 2.45) is 0 Å². The van der Waals surface area contributed by atoms with E-state index in [9.17, 15) is 9.59 Å². The molecule has 7 heteroatoms. The van der Waals surface area contributed by atoms with E-state index in [0.717, 1.165) is 12.8 Å². The van der Waals surface area contributed by atoms with Gasteiger partial charge < -0.3 is 23.8 Å². The first-order valence-corrected chi connectivity index (χ1v) is 9.10. The number of hydrogen-bond acceptors (Lipinski definition) is 7. The molecule has 1 aliphatic heterocycles. The van der Waals surface area contributed by atoms with Gasteiger partial charge >= 0.3 is 11.9 Å². The molecule has 1 aliphatic rings. The van der Waals surface area contributed by atoms with Crippen molar-refractivity contribution < 1.29 is 28.5 Å². The molecule has 0 aromatic heterocycles. The maximum absolute atomic E-state index is 12.3. The van der Waals surface area contributed by atoms with Gasteiger partial charge in [0, 0.05) is 11.8 Å². The van der Waals surface area contributed by atoms with E-state index in [-0.39, 0.29) is 24.6 Å². The van der Waals surface area contributed by atoms with E-state index in [2.05, 4.69) is 6.92 Å². The zero-order valence-corrected chi connectivity index (χ0v) is 16.2. The minimum absolute atomic E-state index is 0.0127. The molecule has 0 N–H and O–H groups in total. The van der Waals surface area contributed by atoms with Crippen molar-refractivity contribution in [2.45, 2.75) is 32.6 Å².